The van der Waals surface area contributed by atoms with Gasteiger partial charge in [-0.2, -0.15) is 0 Å². The number of rotatable bonds is 5. The number of halogens is 2. The van der Waals surface area contributed by atoms with Gasteiger partial charge in [0.1, 0.15) is 5.75 Å². The normalized spacial score (nSPS) is 15.8. The van der Waals surface area contributed by atoms with Gasteiger partial charge in [0.05, 0.1) is 12.1 Å². The molecule has 1 fully saturated rings. The van der Waals surface area contributed by atoms with Crippen LogP contribution in [0.1, 0.15) is 30.0 Å². The second-order valence-electron chi connectivity index (χ2n) is 5.16. The first-order chi connectivity index (χ1) is 10.2. The van der Waals surface area contributed by atoms with Crippen molar-refractivity contribution >= 4 is 0 Å². The lowest BCUT2D eigenvalue weighted by molar-refractivity contribution is 0.303. The quantitative estimate of drug-likeness (QED) is 0.657. The summed E-state index contributed by atoms with van der Waals surface area (Å²) in [6.45, 7) is 0. The zero-order valence-electron chi connectivity index (χ0n) is 11.4. The van der Waals surface area contributed by atoms with Gasteiger partial charge in [0.2, 0.25) is 0 Å². The molecular weight excluding hydrogens is 274 g/mol. The molecule has 110 valence electrons. The average Bonchev–Trinajstić information content (AvgIpc) is 3.29. The lowest BCUT2D eigenvalue weighted by atomic mass is 9.99. The van der Waals surface area contributed by atoms with E-state index in [2.05, 4.69) is 5.43 Å². The molecule has 0 saturated heterocycles. The van der Waals surface area contributed by atoms with Gasteiger partial charge in [-0.1, -0.05) is 18.2 Å². The third kappa shape index (κ3) is 3.20. The van der Waals surface area contributed by atoms with Crippen molar-refractivity contribution < 1.29 is 13.5 Å². The van der Waals surface area contributed by atoms with Gasteiger partial charge in [-0.3, -0.25) is 5.84 Å². The molecular formula is C16H16F2N2O. The standard InChI is InChI=1S/C16H16F2N2O/c17-14-8-3-11(9-15(14)18)16(20-19)10-1-4-12(5-2-10)21-13-6-7-13/h1-5,8-9,13,16,20H,6-7,19H2. The van der Waals surface area contributed by atoms with E-state index in [9.17, 15) is 8.78 Å². The first-order valence-corrected chi connectivity index (χ1v) is 6.85. The van der Waals surface area contributed by atoms with Crippen LogP contribution in [0.2, 0.25) is 0 Å². The fourth-order valence-corrected chi connectivity index (χ4v) is 2.19. The van der Waals surface area contributed by atoms with Crippen LogP contribution in [-0.4, -0.2) is 6.10 Å². The molecule has 0 heterocycles. The Balaban J connectivity index is 1.82. The second kappa shape index (κ2) is 5.79. The fourth-order valence-electron chi connectivity index (χ4n) is 2.19. The summed E-state index contributed by atoms with van der Waals surface area (Å²) in [5.74, 6) is 4.60. The minimum Gasteiger partial charge on any atom is -0.490 e. The maximum Gasteiger partial charge on any atom is 0.159 e. The van der Waals surface area contributed by atoms with Gasteiger partial charge in [0.25, 0.3) is 0 Å². The van der Waals surface area contributed by atoms with E-state index in [1.54, 1.807) is 0 Å². The van der Waals surface area contributed by atoms with E-state index in [0.717, 1.165) is 36.3 Å². The van der Waals surface area contributed by atoms with Crippen molar-refractivity contribution in [3.63, 3.8) is 0 Å². The first-order valence-electron chi connectivity index (χ1n) is 6.85. The molecule has 0 spiro atoms. The third-order valence-electron chi connectivity index (χ3n) is 3.48. The molecule has 3 rings (SSSR count). The Labute approximate surface area is 121 Å². The van der Waals surface area contributed by atoms with E-state index >= 15 is 0 Å². The van der Waals surface area contributed by atoms with Gasteiger partial charge >= 0.3 is 0 Å². The Morgan fingerprint density at radius 1 is 1.00 bits per heavy atom. The van der Waals surface area contributed by atoms with Crippen LogP contribution in [0.3, 0.4) is 0 Å². The van der Waals surface area contributed by atoms with Crippen molar-refractivity contribution in [2.45, 2.75) is 25.0 Å². The summed E-state index contributed by atoms with van der Waals surface area (Å²) in [5.41, 5.74) is 4.04. The van der Waals surface area contributed by atoms with Crippen LogP contribution in [0, 0.1) is 11.6 Å². The number of ether oxygens (including phenoxy) is 1. The minimum atomic E-state index is -0.888. The highest BCUT2D eigenvalue weighted by atomic mass is 19.2. The molecule has 1 aliphatic rings. The van der Waals surface area contributed by atoms with E-state index in [1.807, 2.05) is 24.3 Å². The van der Waals surface area contributed by atoms with Crippen molar-refractivity contribution in [1.29, 1.82) is 0 Å². The summed E-state index contributed by atoms with van der Waals surface area (Å²) in [4.78, 5) is 0. The predicted molar refractivity (Wildman–Crippen MR) is 75.6 cm³/mol. The summed E-state index contributed by atoms with van der Waals surface area (Å²) in [7, 11) is 0. The van der Waals surface area contributed by atoms with Crippen LogP contribution in [0.5, 0.6) is 5.75 Å². The van der Waals surface area contributed by atoms with Crippen LogP contribution in [0.15, 0.2) is 42.5 Å². The zero-order valence-corrected chi connectivity index (χ0v) is 11.4. The lowest BCUT2D eigenvalue weighted by Crippen LogP contribution is -2.28. The highest BCUT2D eigenvalue weighted by molar-refractivity contribution is 5.36. The maximum absolute atomic E-state index is 13.3. The number of hydrogen-bond donors (Lipinski definition) is 2. The molecule has 0 amide bonds. The molecule has 3 nitrogen and oxygen atoms in total. The molecule has 21 heavy (non-hydrogen) atoms. The van der Waals surface area contributed by atoms with Gasteiger partial charge in [-0.15, -0.1) is 0 Å². The van der Waals surface area contributed by atoms with Gasteiger partial charge in [-0.05, 0) is 48.2 Å². The average molecular weight is 290 g/mol. The van der Waals surface area contributed by atoms with Gasteiger partial charge < -0.3 is 4.74 Å². The molecule has 1 saturated carbocycles. The number of hydrazine groups is 1. The SMILES string of the molecule is NNC(c1ccc(OC2CC2)cc1)c1ccc(F)c(F)c1. The fraction of sp³-hybridized carbons (Fsp3) is 0.250. The summed E-state index contributed by atoms with van der Waals surface area (Å²) in [6, 6.07) is 10.8. The van der Waals surface area contributed by atoms with Crippen LogP contribution >= 0.6 is 0 Å². The molecule has 0 aromatic heterocycles. The lowest BCUT2D eigenvalue weighted by Gasteiger charge is -2.17. The van der Waals surface area contributed by atoms with Gasteiger partial charge in [0.15, 0.2) is 11.6 Å². The summed E-state index contributed by atoms with van der Waals surface area (Å²) in [5, 5.41) is 0. The molecule has 1 aliphatic carbocycles. The Bertz CT molecular complexity index is 627. The van der Waals surface area contributed by atoms with Crippen LogP contribution in [0.25, 0.3) is 0 Å². The van der Waals surface area contributed by atoms with E-state index in [4.69, 9.17) is 10.6 Å². The van der Waals surface area contributed by atoms with E-state index < -0.39 is 17.7 Å². The molecule has 3 N–H and O–H groups in total. The van der Waals surface area contributed by atoms with Crippen LogP contribution in [0.4, 0.5) is 8.78 Å². The van der Waals surface area contributed by atoms with E-state index in [1.165, 1.54) is 6.07 Å². The molecule has 0 radical (unpaired) electrons. The Hall–Kier alpha value is -1.98. The van der Waals surface area contributed by atoms with Crippen molar-refractivity contribution in [1.82, 2.24) is 5.43 Å². The van der Waals surface area contributed by atoms with Crippen molar-refractivity contribution in [3.05, 3.63) is 65.2 Å². The molecule has 2 aromatic carbocycles. The topological polar surface area (TPSA) is 47.3 Å². The monoisotopic (exact) mass is 290 g/mol. The predicted octanol–water partition coefficient (Wildman–Crippen LogP) is 3.06. The Morgan fingerprint density at radius 3 is 2.24 bits per heavy atom. The number of hydrogen-bond acceptors (Lipinski definition) is 3. The molecule has 5 heteroatoms. The molecule has 0 aliphatic heterocycles. The first kappa shape index (κ1) is 14.0. The second-order valence-corrected chi connectivity index (χ2v) is 5.16. The number of benzene rings is 2. The van der Waals surface area contributed by atoms with Gasteiger partial charge in [-0.25, -0.2) is 14.2 Å². The van der Waals surface area contributed by atoms with E-state index in [0.29, 0.717) is 11.7 Å². The largest absolute Gasteiger partial charge is 0.490 e. The zero-order chi connectivity index (χ0) is 14.8. The smallest absolute Gasteiger partial charge is 0.159 e. The number of nitrogens with two attached hydrogens (primary N) is 1. The molecule has 0 bridgehead atoms. The third-order valence-corrected chi connectivity index (χ3v) is 3.48. The summed E-state index contributed by atoms with van der Waals surface area (Å²) < 4.78 is 32.0. The maximum atomic E-state index is 13.3. The Morgan fingerprint density at radius 2 is 1.67 bits per heavy atom. The molecule has 2 aromatic rings. The highest BCUT2D eigenvalue weighted by Crippen LogP contribution is 2.29. The van der Waals surface area contributed by atoms with Crippen LogP contribution < -0.4 is 16.0 Å². The molecule has 1 unspecified atom stereocenters. The van der Waals surface area contributed by atoms with Crippen LogP contribution in [-0.2, 0) is 0 Å². The highest BCUT2D eigenvalue weighted by Gasteiger charge is 2.23. The number of nitrogens with one attached hydrogen (secondary N) is 1. The molecule has 1 atom stereocenters. The Kier molecular flexibility index (Phi) is 3.86. The summed E-state index contributed by atoms with van der Waals surface area (Å²) in [6.07, 6.45) is 2.54. The van der Waals surface area contributed by atoms with Crippen molar-refractivity contribution in [3.8, 4) is 5.75 Å². The van der Waals surface area contributed by atoms with Crippen molar-refractivity contribution in [2.75, 3.05) is 0 Å². The minimum absolute atomic E-state index is 0.338. The van der Waals surface area contributed by atoms with E-state index in [-0.39, 0.29) is 0 Å². The summed E-state index contributed by atoms with van der Waals surface area (Å²) >= 11 is 0. The van der Waals surface area contributed by atoms with Crippen molar-refractivity contribution in [2.24, 2.45) is 5.84 Å². The van der Waals surface area contributed by atoms with Gasteiger partial charge in [0, 0.05) is 0 Å².